The van der Waals surface area contributed by atoms with Crippen LogP contribution in [0, 0.1) is 0 Å². The molecule has 0 aliphatic heterocycles. The monoisotopic (exact) mass is 247 g/mol. The maximum absolute atomic E-state index is 4.55. The molecule has 3 heteroatoms. The van der Waals surface area contributed by atoms with Crippen LogP contribution in [0.4, 0.5) is 0 Å². The number of nitrogens with zero attached hydrogens (tertiary/aromatic N) is 2. The predicted molar refractivity (Wildman–Crippen MR) is 74.8 cm³/mol. The molecular weight excluding hydrogens is 222 g/mol. The van der Waals surface area contributed by atoms with Gasteiger partial charge in [0.15, 0.2) is 0 Å². The molecule has 0 bridgehead atoms. The molecule has 1 aromatic heterocycles. The minimum atomic E-state index is 0.570. The fraction of sp³-hybridized carbons (Fsp3) is 0.733. The number of rotatable bonds is 6. The average Bonchev–Trinajstić information content (AvgIpc) is 2.40. The Labute approximate surface area is 110 Å². The highest BCUT2D eigenvalue weighted by molar-refractivity contribution is 5.27. The van der Waals surface area contributed by atoms with E-state index in [0.29, 0.717) is 6.04 Å². The Kier molecular flexibility index (Phi) is 5.12. The second-order valence-electron chi connectivity index (χ2n) is 5.20. The Hall–Kier alpha value is -0.960. The maximum atomic E-state index is 4.55. The van der Waals surface area contributed by atoms with Crippen molar-refractivity contribution in [1.82, 2.24) is 15.3 Å². The molecule has 1 unspecified atom stereocenters. The fourth-order valence-electron chi connectivity index (χ4n) is 2.91. The van der Waals surface area contributed by atoms with Crippen LogP contribution in [-0.2, 0) is 19.3 Å². The minimum Gasteiger partial charge on any atom is -0.314 e. The van der Waals surface area contributed by atoms with Crippen molar-refractivity contribution in [1.29, 1.82) is 0 Å². The lowest BCUT2D eigenvalue weighted by atomic mass is 9.92. The van der Waals surface area contributed by atoms with Gasteiger partial charge in [-0.2, -0.15) is 0 Å². The van der Waals surface area contributed by atoms with E-state index in [1.54, 1.807) is 6.33 Å². The molecule has 1 N–H and O–H groups in total. The molecule has 3 nitrogen and oxygen atoms in total. The zero-order valence-electron chi connectivity index (χ0n) is 11.7. The molecule has 2 rings (SSSR count). The number of aryl methyl sites for hydroxylation is 1. The number of hydrogen-bond donors (Lipinski definition) is 1. The van der Waals surface area contributed by atoms with E-state index in [-0.39, 0.29) is 0 Å². The van der Waals surface area contributed by atoms with Gasteiger partial charge >= 0.3 is 0 Å². The van der Waals surface area contributed by atoms with Crippen LogP contribution in [0.15, 0.2) is 6.33 Å². The number of hydrogen-bond acceptors (Lipinski definition) is 3. The van der Waals surface area contributed by atoms with Crippen molar-refractivity contribution >= 4 is 0 Å². The van der Waals surface area contributed by atoms with Crippen LogP contribution in [-0.4, -0.2) is 22.6 Å². The molecule has 1 atom stereocenters. The van der Waals surface area contributed by atoms with E-state index in [4.69, 9.17) is 0 Å². The van der Waals surface area contributed by atoms with Crippen LogP contribution in [0.2, 0.25) is 0 Å². The van der Waals surface area contributed by atoms with Gasteiger partial charge < -0.3 is 5.32 Å². The van der Waals surface area contributed by atoms with E-state index in [0.717, 1.165) is 19.4 Å². The molecule has 0 amide bonds. The molecule has 1 aliphatic carbocycles. The Morgan fingerprint density at radius 2 is 2.06 bits per heavy atom. The highest BCUT2D eigenvalue weighted by Gasteiger charge is 2.17. The average molecular weight is 247 g/mol. The van der Waals surface area contributed by atoms with E-state index < -0.39 is 0 Å². The number of nitrogens with one attached hydrogen (secondary N) is 1. The quantitative estimate of drug-likeness (QED) is 0.840. The van der Waals surface area contributed by atoms with Crippen molar-refractivity contribution in [2.45, 2.75) is 64.8 Å². The first-order chi connectivity index (χ1) is 8.85. The second kappa shape index (κ2) is 6.83. The number of aromatic nitrogens is 2. The van der Waals surface area contributed by atoms with Crippen LogP contribution in [0.3, 0.4) is 0 Å². The normalized spacial score (nSPS) is 16.3. The third kappa shape index (κ3) is 3.29. The smallest absolute Gasteiger partial charge is 0.115 e. The third-order valence-electron chi connectivity index (χ3n) is 3.78. The SMILES string of the molecule is CCCC(Cc1ncnc2c1CCCC2)NCC. The summed E-state index contributed by atoms with van der Waals surface area (Å²) in [5.41, 5.74) is 4.04. The second-order valence-corrected chi connectivity index (χ2v) is 5.20. The lowest BCUT2D eigenvalue weighted by Crippen LogP contribution is -2.31. The molecule has 0 saturated carbocycles. The summed E-state index contributed by atoms with van der Waals surface area (Å²) >= 11 is 0. The summed E-state index contributed by atoms with van der Waals surface area (Å²) in [5.74, 6) is 0. The summed E-state index contributed by atoms with van der Waals surface area (Å²) in [7, 11) is 0. The van der Waals surface area contributed by atoms with Gasteiger partial charge in [0.05, 0.1) is 0 Å². The summed E-state index contributed by atoms with van der Waals surface area (Å²) in [6.45, 7) is 5.47. The lowest BCUT2D eigenvalue weighted by Gasteiger charge is -2.21. The predicted octanol–water partition coefficient (Wildman–Crippen LogP) is 2.68. The van der Waals surface area contributed by atoms with Gasteiger partial charge in [-0.05, 0) is 44.2 Å². The maximum Gasteiger partial charge on any atom is 0.115 e. The first-order valence-electron chi connectivity index (χ1n) is 7.40. The first-order valence-corrected chi connectivity index (χ1v) is 7.40. The zero-order chi connectivity index (χ0) is 12.8. The Morgan fingerprint density at radius 1 is 1.22 bits per heavy atom. The molecule has 1 aromatic rings. The number of likely N-dealkylation sites (N-methyl/N-ethyl adjacent to an activating group) is 1. The van der Waals surface area contributed by atoms with Gasteiger partial charge in [0, 0.05) is 23.9 Å². The van der Waals surface area contributed by atoms with Gasteiger partial charge in [0.1, 0.15) is 6.33 Å². The molecule has 0 spiro atoms. The van der Waals surface area contributed by atoms with Crippen molar-refractivity contribution in [3.63, 3.8) is 0 Å². The van der Waals surface area contributed by atoms with Crippen LogP contribution >= 0.6 is 0 Å². The Bertz CT molecular complexity index is 370. The van der Waals surface area contributed by atoms with Crippen molar-refractivity contribution in [3.8, 4) is 0 Å². The highest BCUT2D eigenvalue weighted by Crippen LogP contribution is 2.22. The van der Waals surface area contributed by atoms with Crippen LogP contribution in [0.5, 0.6) is 0 Å². The topological polar surface area (TPSA) is 37.8 Å². The van der Waals surface area contributed by atoms with Crippen molar-refractivity contribution in [2.24, 2.45) is 0 Å². The van der Waals surface area contributed by atoms with E-state index in [2.05, 4.69) is 29.1 Å². The zero-order valence-corrected chi connectivity index (χ0v) is 11.7. The van der Waals surface area contributed by atoms with Gasteiger partial charge in [0.2, 0.25) is 0 Å². The van der Waals surface area contributed by atoms with Gasteiger partial charge in [-0.1, -0.05) is 20.3 Å². The highest BCUT2D eigenvalue weighted by atomic mass is 14.9. The first kappa shape index (κ1) is 13.5. The molecule has 0 saturated heterocycles. The van der Waals surface area contributed by atoms with Gasteiger partial charge in [0.25, 0.3) is 0 Å². The lowest BCUT2D eigenvalue weighted by molar-refractivity contribution is 0.477. The largest absolute Gasteiger partial charge is 0.314 e. The molecule has 1 aliphatic rings. The van der Waals surface area contributed by atoms with E-state index in [1.165, 1.54) is 49.1 Å². The van der Waals surface area contributed by atoms with Crippen molar-refractivity contribution in [2.75, 3.05) is 6.54 Å². The Balaban J connectivity index is 2.12. The summed E-state index contributed by atoms with van der Waals surface area (Å²) < 4.78 is 0. The number of fused-ring (bicyclic) bond motifs is 1. The minimum absolute atomic E-state index is 0.570. The summed E-state index contributed by atoms with van der Waals surface area (Å²) in [4.78, 5) is 8.99. The Morgan fingerprint density at radius 3 is 2.83 bits per heavy atom. The van der Waals surface area contributed by atoms with Gasteiger partial charge in [-0.3, -0.25) is 0 Å². The molecule has 0 radical (unpaired) electrons. The fourth-order valence-corrected chi connectivity index (χ4v) is 2.91. The molecule has 100 valence electrons. The molecule has 0 fully saturated rings. The van der Waals surface area contributed by atoms with Crippen molar-refractivity contribution in [3.05, 3.63) is 23.3 Å². The standard InChI is InChI=1S/C15H25N3/c1-3-7-12(16-4-2)10-15-13-8-5-6-9-14(13)17-11-18-15/h11-12,16H,3-10H2,1-2H3. The summed E-state index contributed by atoms with van der Waals surface area (Å²) in [6, 6.07) is 0.570. The van der Waals surface area contributed by atoms with E-state index >= 15 is 0 Å². The molecule has 0 aromatic carbocycles. The van der Waals surface area contributed by atoms with Crippen LogP contribution in [0.1, 0.15) is 56.5 Å². The van der Waals surface area contributed by atoms with Gasteiger partial charge in [-0.25, -0.2) is 9.97 Å². The van der Waals surface area contributed by atoms with Crippen LogP contribution in [0.25, 0.3) is 0 Å². The van der Waals surface area contributed by atoms with E-state index in [1.807, 2.05) is 0 Å². The molecule has 1 heterocycles. The summed E-state index contributed by atoms with van der Waals surface area (Å²) in [6.07, 6.45) is 10.2. The van der Waals surface area contributed by atoms with Crippen LogP contribution < -0.4 is 5.32 Å². The third-order valence-corrected chi connectivity index (χ3v) is 3.78. The van der Waals surface area contributed by atoms with Crippen molar-refractivity contribution < 1.29 is 0 Å². The molecule has 18 heavy (non-hydrogen) atoms. The summed E-state index contributed by atoms with van der Waals surface area (Å²) in [5, 5.41) is 3.58. The van der Waals surface area contributed by atoms with Gasteiger partial charge in [-0.15, -0.1) is 0 Å². The molecular formula is C15H25N3. The van der Waals surface area contributed by atoms with E-state index in [9.17, 15) is 0 Å².